The zero-order chi connectivity index (χ0) is 18.1. The molecule has 0 aliphatic rings. The Balaban J connectivity index is 1.97. The molecule has 2 heterocycles. The first-order valence-corrected chi connectivity index (χ1v) is 8.78. The van der Waals surface area contributed by atoms with Gasteiger partial charge in [0.05, 0.1) is 16.7 Å². The maximum absolute atomic E-state index is 13.8. The van der Waals surface area contributed by atoms with Gasteiger partial charge in [-0.2, -0.15) is 0 Å². The summed E-state index contributed by atoms with van der Waals surface area (Å²) >= 11 is 0. The molecular weight excluding hydrogens is 323 g/mol. The molecule has 4 aromatic rings. The molecule has 0 saturated carbocycles. The van der Waals surface area contributed by atoms with Crippen molar-refractivity contribution in [3.05, 3.63) is 83.8 Å². The van der Waals surface area contributed by atoms with E-state index in [0.29, 0.717) is 5.56 Å². The van der Waals surface area contributed by atoms with Crippen LogP contribution in [-0.2, 0) is 6.42 Å². The lowest BCUT2D eigenvalue weighted by Gasteiger charge is -2.15. The number of nitrogens with zero attached hydrogens (tertiary/aromatic N) is 2. The van der Waals surface area contributed by atoms with Crippen molar-refractivity contribution in [2.45, 2.75) is 20.3 Å². The highest BCUT2D eigenvalue weighted by Gasteiger charge is 2.14. The lowest BCUT2D eigenvalue weighted by Crippen LogP contribution is -1.95. The van der Waals surface area contributed by atoms with Crippen LogP contribution in [0.5, 0.6) is 0 Å². The van der Waals surface area contributed by atoms with Crippen molar-refractivity contribution in [1.82, 2.24) is 9.97 Å². The molecular formula is C23H19FN2. The molecule has 2 aromatic carbocycles. The Hall–Kier alpha value is -3.07. The van der Waals surface area contributed by atoms with Gasteiger partial charge in [-0.25, -0.2) is 9.37 Å². The average Bonchev–Trinajstić information content (AvgIpc) is 2.69. The van der Waals surface area contributed by atoms with Gasteiger partial charge in [0.15, 0.2) is 0 Å². The number of fused-ring (bicyclic) bond motifs is 1. The predicted octanol–water partition coefficient (Wildman–Crippen LogP) is 5.97. The van der Waals surface area contributed by atoms with Gasteiger partial charge in [0.1, 0.15) is 5.82 Å². The second-order valence-corrected chi connectivity index (χ2v) is 6.40. The number of aromatic nitrogens is 2. The Morgan fingerprint density at radius 1 is 0.923 bits per heavy atom. The monoisotopic (exact) mass is 342 g/mol. The number of hydrogen-bond donors (Lipinski definition) is 0. The maximum Gasteiger partial charge on any atom is 0.126 e. The Morgan fingerprint density at radius 3 is 2.62 bits per heavy atom. The van der Waals surface area contributed by atoms with Gasteiger partial charge in [-0.3, -0.25) is 4.98 Å². The van der Waals surface area contributed by atoms with E-state index in [9.17, 15) is 4.39 Å². The predicted molar refractivity (Wildman–Crippen MR) is 104 cm³/mol. The summed E-state index contributed by atoms with van der Waals surface area (Å²) in [5.41, 5.74) is 7.71. The van der Waals surface area contributed by atoms with E-state index < -0.39 is 0 Å². The van der Waals surface area contributed by atoms with Gasteiger partial charge >= 0.3 is 0 Å². The van der Waals surface area contributed by atoms with Crippen molar-refractivity contribution < 1.29 is 4.39 Å². The smallest absolute Gasteiger partial charge is 0.126 e. The lowest BCUT2D eigenvalue weighted by molar-refractivity contribution is 0.619. The number of halogens is 1. The third-order valence-electron chi connectivity index (χ3n) is 4.71. The standard InChI is InChI=1S/C23H19FN2/c1-3-16-6-4-7-18(23(16)17-9-10-19(24)15(2)14-17)20-11-12-21-22(26-20)8-5-13-25-21/h4-14H,3H2,1-2H3. The van der Waals surface area contributed by atoms with Crippen molar-refractivity contribution in [3.63, 3.8) is 0 Å². The quantitative estimate of drug-likeness (QED) is 0.458. The van der Waals surface area contributed by atoms with Gasteiger partial charge in [0.2, 0.25) is 0 Å². The summed E-state index contributed by atoms with van der Waals surface area (Å²) in [6.45, 7) is 3.93. The first kappa shape index (κ1) is 16.4. The third kappa shape index (κ3) is 2.86. The molecule has 128 valence electrons. The van der Waals surface area contributed by atoms with Crippen molar-refractivity contribution in [3.8, 4) is 22.4 Å². The number of aryl methyl sites for hydroxylation is 2. The van der Waals surface area contributed by atoms with Crippen molar-refractivity contribution in [1.29, 1.82) is 0 Å². The highest BCUT2D eigenvalue weighted by molar-refractivity contribution is 5.87. The lowest BCUT2D eigenvalue weighted by atomic mass is 9.90. The topological polar surface area (TPSA) is 25.8 Å². The maximum atomic E-state index is 13.8. The summed E-state index contributed by atoms with van der Waals surface area (Å²) in [6.07, 6.45) is 2.67. The van der Waals surface area contributed by atoms with E-state index in [0.717, 1.165) is 39.8 Å². The highest BCUT2D eigenvalue weighted by Crippen LogP contribution is 2.35. The van der Waals surface area contributed by atoms with Crippen LogP contribution in [0.2, 0.25) is 0 Å². The minimum atomic E-state index is -0.181. The fourth-order valence-electron chi connectivity index (χ4n) is 3.36. The molecule has 0 unspecified atom stereocenters. The molecule has 0 spiro atoms. The third-order valence-corrected chi connectivity index (χ3v) is 4.71. The molecule has 0 saturated heterocycles. The summed E-state index contributed by atoms with van der Waals surface area (Å²) in [6, 6.07) is 19.4. The number of rotatable bonds is 3. The van der Waals surface area contributed by atoms with Crippen LogP contribution in [0.15, 0.2) is 66.9 Å². The molecule has 26 heavy (non-hydrogen) atoms. The Kier molecular flexibility index (Phi) is 4.21. The van der Waals surface area contributed by atoms with Crippen LogP contribution in [-0.4, -0.2) is 9.97 Å². The number of benzene rings is 2. The van der Waals surface area contributed by atoms with Crippen LogP contribution in [0, 0.1) is 12.7 Å². The van der Waals surface area contributed by atoms with Gasteiger partial charge < -0.3 is 0 Å². The second-order valence-electron chi connectivity index (χ2n) is 6.40. The fourth-order valence-corrected chi connectivity index (χ4v) is 3.36. The first-order chi connectivity index (χ1) is 12.7. The molecule has 0 amide bonds. The molecule has 2 aromatic heterocycles. The summed E-state index contributed by atoms with van der Waals surface area (Å²) in [4.78, 5) is 9.16. The van der Waals surface area contributed by atoms with Crippen LogP contribution in [0.1, 0.15) is 18.1 Å². The molecule has 0 atom stereocenters. The van der Waals surface area contributed by atoms with Crippen LogP contribution in [0.3, 0.4) is 0 Å². The average molecular weight is 342 g/mol. The van der Waals surface area contributed by atoms with Crippen LogP contribution in [0.4, 0.5) is 4.39 Å². The SMILES string of the molecule is CCc1cccc(-c2ccc3ncccc3n2)c1-c1ccc(F)c(C)c1. The summed E-state index contributed by atoms with van der Waals surface area (Å²) in [5, 5.41) is 0. The molecule has 2 nitrogen and oxygen atoms in total. The zero-order valence-electron chi connectivity index (χ0n) is 14.8. The van der Waals surface area contributed by atoms with Gasteiger partial charge in [0.25, 0.3) is 0 Å². The van der Waals surface area contributed by atoms with Crippen molar-refractivity contribution >= 4 is 11.0 Å². The molecule has 3 heteroatoms. The van der Waals surface area contributed by atoms with Crippen molar-refractivity contribution in [2.24, 2.45) is 0 Å². The Morgan fingerprint density at radius 2 is 1.81 bits per heavy atom. The van der Waals surface area contributed by atoms with Crippen molar-refractivity contribution in [2.75, 3.05) is 0 Å². The van der Waals surface area contributed by atoms with Crippen LogP contribution >= 0.6 is 0 Å². The molecule has 4 rings (SSSR count). The van der Waals surface area contributed by atoms with Crippen LogP contribution < -0.4 is 0 Å². The Labute approximate surface area is 152 Å². The van der Waals surface area contributed by atoms with E-state index >= 15 is 0 Å². The number of pyridine rings is 2. The molecule has 0 aliphatic carbocycles. The van der Waals surface area contributed by atoms with E-state index in [1.807, 2.05) is 36.4 Å². The largest absolute Gasteiger partial charge is 0.255 e. The van der Waals surface area contributed by atoms with E-state index in [1.165, 1.54) is 5.56 Å². The molecule has 0 bridgehead atoms. The summed E-state index contributed by atoms with van der Waals surface area (Å²) < 4.78 is 13.8. The van der Waals surface area contributed by atoms with Gasteiger partial charge in [-0.05, 0) is 72.0 Å². The van der Waals surface area contributed by atoms with E-state index in [1.54, 1.807) is 19.2 Å². The molecule has 0 N–H and O–H groups in total. The second kappa shape index (κ2) is 6.68. The van der Waals surface area contributed by atoms with E-state index in [2.05, 4.69) is 30.1 Å². The first-order valence-electron chi connectivity index (χ1n) is 8.78. The van der Waals surface area contributed by atoms with E-state index in [4.69, 9.17) is 4.98 Å². The molecule has 0 fully saturated rings. The summed E-state index contributed by atoms with van der Waals surface area (Å²) in [5.74, 6) is -0.181. The zero-order valence-corrected chi connectivity index (χ0v) is 14.8. The number of hydrogen-bond acceptors (Lipinski definition) is 2. The summed E-state index contributed by atoms with van der Waals surface area (Å²) in [7, 11) is 0. The van der Waals surface area contributed by atoms with E-state index in [-0.39, 0.29) is 5.82 Å². The van der Waals surface area contributed by atoms with Crippen LogP contribution in [0.25, 0.3) is 33.4 Å². The normalized spacial score (nSPS) is 11.0. The Bertz CT molecular complexity index is 1100. The fraction of sp³-hybridized carbons (Fsp3) is 0.130. The highest BCUT2D eigenvalue weighted by atomic mass is 19.1. The van der Waals surface area contributed by atoms with Gasteiger partial charge in [-0.15, -0.1) is 0 Å². The van der Waals surface area contributed by atoms with Gasteiger partial charge in [-0.1, -0.05) is 31.2 Å². The van der Waals surface area contributed by atoms with Gasteiger partial charge in [0, 0.05) is 11.8 Å². The molecule has 0 radical (unpaired) electrons. The molecule has 0 aliphatic heterocycles. The minimum Gasteiger partial charge on any atom is -0.255 e. The minimum absolute atomic E-state index is 0.181.